The lowest BCUT2D eigenvalue weighted by molar-refractivity contribution is -0.133. The minimum atomic E-state index is -2.69. The zero-order chi connectivity index (χ0) is 24.7. The highest BCUT2D eigenvalue weighted by Crippen LogP contribution is 2.59. The Hall–Kier alpha value is -1.08. The highest BCUT2D eigenvalue weighted by Gasteiger charge is 2.51. The second-order valence-electron chi connectivity index (χ2n) is 11.9. The van der Waals surface area contributed by atoms with Crippen LogP contribution in [0.3, 0.4) is 0 Å². The van der Waals surface area contributed by atoms with Gasteiger partial charge in [-0.3, -0.25) is 4.90 Å². The molecule has 0 spiro atoms. The van der Waals surface area contributed by atoms with Crippen molar-refractivity contribution in [1.82, 2.24) is 4.90 Å². The van der Waals surface area contributed by atoms with Crippen LogP contribution in [-0.4, -0.2) is 64.1 Å². The van der Waals surface area contributed by atoms with Crippen molar-refractivity contribution >= 4 is 0 Å². The van der Waals surface area contributed by atoms with E-state index >= 15 is 0 Å². The van der Waals surface area contributed by atoms with Crippen molar-refractivity contribution in [2.75, 3.05) is 19.6 Å². The van der Waals surface area contributed by atoms with Crippen molar-refractivity contribution < 1.29 is 24.1 Å². The highest BCUT2D eigenvalue weighted by atomic mass is 19.3. The number of aliphatic hydroxyl groups is 3. The summed E-state index contributed by atoms with van der Waals surface area (Å²) >= 11 is 0. The molecule has 1 aliphatic heterocycles. The number of halogens is 2. The number of aliphatic hydroxyl groups excluding tert-OH is 2. The molecule has 3 aliphatic carbocycles. The quantitative estimate of drug-likeness (QED) is 0.493. The van der Waals surface area contributed by atoms with E-state index in [2.05, 4.69) is 37.5 Å². The molecule has 4 nitrogen and oxygen atoms in total. The molecule has 1 saturated heterocycles. The Bertz CT molecular complexity index is 810. The van der Waals surface area contributed by atoms with Gasteiger partial charge < -0.3 is 15.3 Å². The number of fused-ring (bicyclic) bond motifs is 1. The predicted molar refractivity (Wildman–Crippen MR) is 131 cm³/mol. The van der Waals surface area contributed by atoms with Crippen molar-refractivity contribution in [1.29, 1.82) is 0 Å². The normalized spacial score (nSPS) is 41.7. The summed E-state index contributed by atoms with van der Waals surface area (Å²) in [6.45, 7) is 10.1. The van der Waals surface area contributed by atoms with Gasteiger partial charge in [0.25, 0.3) is 6.43 Å². The number of piperidine rings is 1. The monoisotopic (exact) mass is 479 g/mol. The van der Waals surface area contributed by atoms with Crippen LogP contribution in [0.5, 0.6) is 0 Å². The Balaban J connectivity index is 1.43. The topological polar surface area (TPSA) is 63.9 Å². The summed E-state index contributed by atoms with van der Waals surface area (Å²) in [4.78, 5) is 2.06. The van der Waals surface area contributed by atoms with Crippen LogP contribution in [0.2, 0.25) is 0 Å². The van der Waals surface area contributed by atoms with Crippen LogP contribution in [0.25, 0.3) is 0 Å². The van der Waals surface area contributed by atoms with Gasteiger partial charge in [0.1, 0.15) is 5.60 Å². The third kappa shape index (κ3) is 5.07. The van der Waals surface area contributed by atoms with Crippen molar-refractivity contribution in [3.63, 3.8) is 0 Å². The van der Waals surface area contributed by atoms with Gasteiger partial charge in [-0.2, -0.15) is 0 Å². The van der Waals surface area contributed by atoms with Gasteiger partial charge in [0.2, 0.25) is 0 Å². The first kappa shape index (κ1) is 26.0. The van der Waals surface area contributed by atoms with E-state index in [9.17, 15) is 24.1 Å². The predicted octanol–water partition coefficient (Wildman–Crippen LogP) is 4.86. The van der Waals surface area contributed by atoms with Crippen molar-refractivity contribution in [3.8, 4) is 0 Å². The fourth-order valence-electron chi connectivity index (χ4n) is 7.66. The molecule has 3 N–H and O–H groups in total. The van der Waals surface area contributed by atoms with Gasteiger partial charge in [0, 0.05) is 13.1 Å². The van der Waals surface area contributed by atoms with E-state index in [4.69, 9.17) is 0 Å². The summed E-state index contributed by atoms with van der Waals surface area (Å²) in [5.74, 6) is 1.46. The molecule has 1 heterocycles. The molecule has 0 aromatic carbocycles. The average Bonchev–Trinajstić information content (AvgIpc) is 3.13. The molecule has 6 heteroatoms. The van der Waals surface area contributed by atoms with Gasteiger partial charge >= 0.3 is 0 Å². The number of nitrogens with zero attached hydrogens (tertiary/aromatic N) is 1. The number of hydrogen-bond donors (Lipinski definition) is 3. The molecule has 4 aliphatic rings. The van der Waals surface area contributed by atoms with Crippen molar-refractivity contribution in [3.05, 3.63) is 35.5 Å². The minimum absolute atomic E-state index is 0.0741. The summed E-state index contributed by atoms with van der Waals surface area (Å²) in [6.07, 6.45) is 8.00. The lowest BCUT2D eigenvalue weighted by Crippen LogP contribution is -2.54. The lowest BCUT2D eigenvalue weighted by Gasteiger charge is -2.46. The molecular formula is C28H43F2NO3. The Morgan fingerprint density at radius 1 is 1.12 bits per heavy atom. The molecule has 0 aromatic heterocycles. The van der Waals surface area contributed by atoms with Crippen LogP contribution in [0.4, 0.5) is 8.78 Å². The third-order valence-corrected chi connectivity index (χ3v) is 9.56. The summed E-state index contributed by atoms with van der Waals surface area (Å²) < 4.78 is 26.8. The fourth-order valence-corrected chi connectivity index (χ4v) is 7.66. The van der Waals surface area contributed by atoms with Crippen LogP contribution in [-0.2, 0) is 0 Å². The number of allylic oxidation sites excluding steroid dienone is 3. The van der Waals surface area contributed by atoms with Gasteiger partial charge in [0.15, 0.2) is 0 Å². The first-order valence-electron chi connectivity index (χ1n) is 13.2. The fraction of sp³-hybridized carbons (Fsp3) is 0.786. The highest BCUT2D eigenvalue weighted by molar-refractivity contribution is 5.29. The summed E-state index contributed by atoms with van der Waals surface area (Å²) in [5.41, 5.74) is 1.42. The largest absolute Gasteiger partial charge is 0.388 e. The molecule has 0 aromatic rings. The molecule has 4 rings (SSSR count). The molecule has 0 amide bonds. The summed E-state index contributed by atoms with van der Waals surface area (Å²) in [6, 6.07) is 0. The molecule has 2 unspecified atom stereocenters. The maximum Gasteiger partial charge on any atom is 0.268 e. The Labute approximate surface area is 203 Å². The van der Waals surface area contributed by atoms with Crippen LogP contribution in [0, 0.1) is 23.2 Å². The van der Waals surface area contributed by atoms with Gasteiger partial charge in [-0.1, -0.05) is 43.7 Å². The van der Waals surface area contributed by atoms with Crippen LogP contribution >= 0.6 is 0 Å². The Kier molecular flexibility index (Phi) is 7.74. The van der Waals surface area contributed by atoms with E-state index < -0.39 is 24.2 Å². The zero-order valence-corrected chi connectivity index (χ0v) is 20.9. The first-order valence-corrected chi connectivity index (χ1v) is 13.2. The molecule has 192 valence electrons. The number of hydrogen-bond acceptors (Lipinski definition) is 4. The number of β-amino-alcohol motifs (C(OH)–C–C–N with tert-alkyl or cyclic N) is 1. The van der Waals surface area contributed by atoms with Gasteiger partial charge in [-0.25, -0.2) is 8.78 Å². The molecule has 7 atom stereocenters. The van der Waals surface area contributed by atoms with E-state index in [0.29, 0.717) is 42.6 Å². The molecule has 4 fully saturated rings. The van der Waals surface area contributed by atoms with Gasteiger partial charge in [-0.05, 0) is 93.1 Å². The van der Waals surface area contributed by atoms with Crippen LogP contribution in [0.15, 0.2) is 35.5 Å². The second-order valence-corrected chi connectivity index (χ2v) is 11.9. The average molecular weight is 480 g/mol. The van der Waals surface area contributed by atoms with Crippen molar-refractivity contribution in [2.24, 2.45) is 23.2 Å². The third-order valence-electron chi connectivity index (χ3n) is 9.56. The smallest absolute Gasteiger partial charge is 0.268 e. The number of alkyl halides is 2. The zero-order valence-electron chi connectivity index (χ0n) is 20.9. The van der Waals surface area contributed by atoms with E-state index in [1.807, 2.05) is 0 Å². The summed E-state index contributed by atoms with van der Waals surface area (Å²) in [7, 11) is 0. The van der Waals surface area contributed by atoms with Crippen molar-refractivity contribution in [2.45, 2.75) is 95.9 Å². The standard InChI is InChI=1S/C28H43F2NO3/c1-18(16-31-13-5-12-28(34,17-31)26(29)30)22-9-10-23-21(6-4-11-27(22,23)3)8-7-20-14-24(32)19(2)25(33)15-20/h7-8,18,22-26,32-34H,2,4-6,9-17H2,1,3H3/b21-8+/t18?,22-,23+,24-,25-,27-,28?/m1/s1. The molecular weight excluding hydrogens is 436 g/mol. The SMILES string of the molecule is C=C1[C@H](O)CC(=C/C=C2\CCC[C@]3(C)[C@@H](C(C)CN4CCCC(O)(C(F)F)C4)CC[C@@H]23)C[C@H]1O. The Morgan fingerprint density at radius 2 is 1.82 bits per heavy atom. The van der Waals surface area contributed by atoms with E-state index in [1.54, 1.807) is 0 Å². The molecule has 0 bridgehead atoms. The van der Waals surface area contributed by atoms with Gasteiger partial charge in [-0.15, -0.1) is 0 Å². The Morgan fingerprint density at radius 3 is 2.50 bits per heavy atom. The molecule has 3 saturated carbocycles. The van der Waals surface area contributed by atoms with Crippen LogP contribution < -0.4 is 0 Å². The van der Waals surface area contributed by atoms with Gasteiger partial charge in [0.05, 0.1) is 12.2 Å². The van der Waals surface area contributed by atoms with E-state index in [0.717, 1.165) is 44.3 Å². The first-order chi connectivity index (χ1) is 16.0. The van der Waals surface area contributed by atoms with Crippen LogP contribution in [0.1, 0.15) is 71.6 Å². The number of likely N-dealkylation sites (tertiary alicyclic amines) is 1. The van der Waals surface area contributed by atoms with E-state index in [-0.39, 0.29) is 18.4 Å². The lowest BCUT2D eigenvalue weighted by atomic mass is 9.61. The second kappa shape index (κ2) is 10.1. The van der Waals surface area contributed by atoms with E-state index in [1.165, 1.54) is 12.0 Å². The maximum absolute atomic E-state index is 13.4. The minimum Gasteiger partial charge on any atom is -0.388 e. The molecule has 0 radical (unpaired) electrons. The summed E-state index contributed by atoms with van der Waals surface area (Å²) in [5, 5.41) is 30.7. The number of rotatable bonds is 5. The maximum atomic E-state index is 13.4. The molecule has 34 heavy (non-hydrogen) atoms.